The van der Waals surface area contributed by atoms with Gasteiger partial charge in [0.15, 0.2) is 0 Å². The molecule has 0 aromatic heterocycles. The van der Waals surface area contributed by atoms with Gasteiger partial charge in [0.2, 0.25) is 10.0 Å². The summed E-state index contributed by atoms with van der Waals surface area (Å²) in [5.41, 5.74) is 0.178. The Labute approximate surface area is 182 Å². The lowest BCUT2D eigenvalue weighted by molar-refractivity contribution is -0.143. The van der Waals surface area contributed by atoms with Crippen LogP contribution in [0.15, 0.2) is 58.6 Å². The van der Waals surface area contributed by atoms with Crippen LogP contribution in [0.3, 0.4) is 0 Å². The highest BCUT2D eigenvalue weighted by molar-refractivity contribution is 7.89. The van der Waals surface area contributed by atoms with E-state index >= 15 is 0 Å². The second-order valence-corrected chi connectivity index (χ2v) is 9.23. The largest absolute Gasteiger partial charge is 0.416 e. The normalized spacial score (nSPS) is 15.5. The predicted molar refractivity (Wildman–Crippen MR) is 108 cm³/mol. The van der Waals surface area contributed by atoms with Gasteiger partial charge in [-0.15, -0.1) is 0 Å². The summed E-state index contributed by atoms with van der Waals surface area (Å²) in [5, 5.41) is 4.35. The fourth-order valence-electron chi connectivity index (χ4n) is 2.97. The average molecular weight is 475 g/mol. The fraction of sp³-hybridized carbons (Fsp3) is 0.300. The van der Waals surface area contributed by atoms with Crippen LogP contribution in [-0.4, -0.2) is 37.5 Å². The zero-order chi connectivity index (χ0) is 22.6. The Kier molecular flexibility index (Phi) is 7.03. The summed E-state index contributed by atoms with van der Waals surface area (Å²) in [4.78, 5) is 16.4. The number of sulfonamides is 1. The minimum absolute atomic E-state index is 0.00397. The first-order valence-electron chi connectivity index (χ1n) is 9.23. The Morgan fingerprint density at radius 3 is 2.35 bits per heavy atom. The molecule has 6 nitrogen and oxygen atoms in total. The molecule has 1 aliphatic rings. The number of halogens is 4. The first-order chi connectivity index (χ1) is 14.6. The Balaban J connectivity index is 1.58. The summed E-state index contributed by atoms with van der Waals surface area (Å²) >= 11 is 5.79. The van der Waals surface area contributed by atoms with E-state index in [9.17, 15) is 26.4 Å². The highest BCUT2D eigenvalue weighted by Gasteiger charge is 2.33. The molecule has 2 aromatic carbocycles. The van der Waals surface area contributed by atoms with Gasteiger partial charge in [0, 0.05) is 31.0 Å². The van der Waals surface area contributed by atoms with Gasteiger partial charge in [-0.3, -0.25) is 0 Å². The molecule has 31 heavy (non-hydrogen) atoms. The number of oxime groups is 1. The lowest BCUT2D eigenvalue weighted by Crippen LogP contribution is -2.38. The van der Waals surface area contributed by atoms with Crippen molar-refractivity contribution in [3.05, 3.63) is 64.7 Å². The Morgan fingerprint density at radius 1 is 1.10 bits per heavy atom. The molecule has 0 atom stereocenters. The molecular formula is C20H18ClF3N2O4S. The minimum atomic E-state index is -4.64. The second-order valence-electron chi connectivity index (χ2n) is 6.85. The third-order valence-corrected chi connectivity index (χ3v) is 6.78. The zero-order valence-corrected chi connectivity index (χ0v) is 17.7. The van der Waals surface area contributed by atoms with Gasteiger partial charge in [0.1, 0.15) is 0 Å². The summed E-state index contributed by atoms with van der Waals surface area (Å²) < 4.78 is 65.1. The zero-order valence-electron chi connectivity index (χ0n) is 16.1. The smallest absolute Gasteiger partial charge is 0.318 e. The molecule has 1 aliphatic heterocycles. The lowest BCUT2D eigenvalue weighted by atomic mass is 10.1. The summed E-state index contributed by atoms with van der Waals surface area (Å²) in [5.74, 6) is -0.575. The molecule has 11 heteroatoms. The van der Waals surface area contributed by atoms with Gasteiger partial charge < -0.3 is 4.84 Å². The molecule has 1 heterocycles. The summed E-state index contributed by atoms with van der Waals surface area (Å²) in [6.45, 7) is 0.0400. The number of nitrogens with zero attached hydrogens (tertiary/aromatic N) is 2. The molecule has 3 rings (SSSR count). The SMILES string of the molecule is O=C(Cc1ccc(Cl)cc1)ON=C1CCN(S(=O)(=O)c2cccc(C(F)(F)F)c2)CC1. The van der Waals surface area contributed by atoms with Crippen molar-refractivity contribution < 1.29 is 31.2 Å². The molecule has 0 unspecified atom stereocenters. The molecule has 0 spiro atoms. The van der Waals surface area contributed by atoms with Crippen LogP contribution >= 0.6 is 11.6 Å². The molecular weight excluding hydrogens is 457 g/mol. The van der Waals surface area contributed by atoms with E-state index in [-0.39, 0.29) is 32.4 Å². The van der Waals surface area contributed by atoms with Crippen molar-refractivity contribution in [2.24, 2.45) is 5.16 Å². The van der Waals surface area contributed by atoms with Crippen LogP contribution in [-0.2, 0) is 32.3 Å². The van der Waals surface area contributed by atoms with Crippen molar-refractivity contribution in [3.63, 3.8) is 0 Å². The number of carbonyl (C=O) groups excluding carboxylic acids is 1. The van der Waals surface area contributed by atoms with Gasteiger partial charge in [-0.1, -0.05) is 35.0 Å². The van der Waals surface area contributed by atoms with Crippen LogP contribution in [0.2, 0.25) is 5.02 Å². The Morgan fingerprint density at radius 2 is 1.74 bits per heavy atom. The summed E-state index contributed by atoms with van der Waals surface area (Å²) in [6.07, 6.45) is -4.23. The number of alkyl halides is 3. The van der Waals surface area contributed by atoms with Crippen LogP contribution in [0.1, 0.15) is 24.0 Å². The number of rotatable bonds is 5. The molecule has 166 valence electrons. The van der Waals surface area contributed by atoms with Crippen molar-refractivity contribution in [3.8, 4) is 0 Å². The van der Waals surface area contributed by atoms with E-state index < -0.39 is 32.6 Å². The first kappa shape index (κ1) is 23.2. The van der Waals surface area contributed by atoms with E-state index in [1.807, 2.05) is 0 Å². The molecule has 0 radical (unpaired) electrons. The van der Waals surface area contributed by atoms with E-state index in [2.05, 4.69) is 5.16 Å². The van der Waals surface area contributed by atoms with Crippen molar-refractivity contribution in [1.82, 2.24) is 4.31 Å². The number of hydrogen-bond acceptors (Lipinski definition) is 5. The first-order valence-corrected chi connectivity index (χ1v) is 11.0. The molecule has 0 N–H and O–H groups in total. The quantitative estimate of drug-likeness (QED) is 0.478. The third kappa shape index (κ3) is 6.05. The number of benzene rings is 2. The third-order valence-electron chi connectivity index (χ3n) is 4.64. The Hall–Kier alpha value is -2.43. The van der Waals surface area contributed by atoms with Crippen molar-refractivity contribution in [2.45, 2.75) is 30.3 Å². The molecule has 0 aliphatic carbocycles. The van der Waals surface area contributed by atoms with E-state index in [0.29, 0.717) is 22.4 Å². The fourth-order valence-corrected chi connectivity index (χ4v) is 4.59. The van der Waals surface area contributed by atoms with Crippen molar-refractivity contribution in [1.29, 1.82) is 0 Å². The maximum absolute atomic E-state index is 12.9. The van der Waals surface area contributed by atoms with Crippen LogP contribution in [0.5, 0.6) is 0 Å². The minimum Gasteiger partial charge on any atom is -0.318 e. The highest BCUT2D eigenvalue weighted by atomic mass is 35.5. The van der Waals surface area contributed by atoms with Crippen molar-refractivity contribution in [2.75, 3.05) is 13.1 Å². The maximum atomic E-state index is 12.9. The summed E-state index contributed by atoms with van der Waals surface area (Å²) in [7, 11) is -4.08. The van der Waals surface area contributed by atoms with Crippen molar-refractivity contribution >= 4 is 33.3 Å². The van der Waals surface area contributed by atoms with Crippen LogP contribution in [0.4, 0.5) is 13.2 Å². The molecule has 0 amide bonds. The van der Waals surface area contributed by atoms with Gasteiger partial charge in [-0.05, 0) is 35.9 Å². The second kappa shape index (κ2) is 9.37. The molecule has 1 saturated heterocycles. The topological polar surface area (TPSA) is 76.0 Å². The van der Waals surface area contributed by atoms with E-state index in [0.717, 1.165) is 22.5 Å². The predicted octanol–water partition coefficient (Wildman–Crippen LogP) is 4.29. The number of hydrogen-bond donors (Lipinski definition) is 0. The van der Waals surface area contributed by atoms with Gasteiger partial charge >= 0.3 is 12.1 Å². The molecule has 0 saturated carbocycles. The van der Waals surface area contributed by atoms with Gasteiger partial charge in [0.05, 0.1) is 22.6 Å². The van der Waals surface area contributed by atoms with Gasteiger partial charge in [0.25, 0.3) is 0 Å². The maximum Gasteiger partial charge on any atom is 0.416 e. The van der Waals surface area contributed by atoms with E-state index in [1.165, 1.54) is 0 Å². The van der Waals surface area contributed by atoms with Gasteiger partial charge in [-0.2, -0.15) is 17.5 Å². The van der Waals surface area contributed by atoms with E-state index in [1.54, 1.807) is 24.3 Å². The lowest BCUT2D eigenvalue weighted by Gasteiger charge is -2.26. The molecule has 0 bridgehead atoms. The van der Waals surface area contributed by atoms with Crippen LogP contribution in [0, 0.1) is 0 Å². The van der Waals surface area contributed by atoms with Gasteiger partial charge in [-0.25, -0.2) is 13.2 Å². The van der Waals surface area contributed by atoms with Crippen LogP contribution < -0.4 is 0 Å². The highest BCUT2D eigenvalue weighted by Crippen LogP contribution is 2.31. The standard InChI is InChI=1S/C20H18ClF3N2O4S/c21-16-6-4-14(5-7-16)12-19(27)30-25-17-8-10-26(11-9-17)31(28,29)18-3-1-2-15(13-18)20(22,23)24/h1-7,13H,8-12H2. The molecule has 2 aromatic rings. The van der Waals surface area contributed by atoms with Crippen LogP contribution in [0.25, 0.3) is 0 Å². The number of piperidine rings is 1. The number of carbonyl (C=O) groups is 1. The molecule has 1 fully saturated rings. The summed E-state index contributed by atoms with van der Waals surface area (Å²) in [6, 6.07) is 10.3. The van der Waals surface area contributed by atoms with E-state index in [4.69, 9.17) is 16.4 Å². The average Bonchev–Trinajstić information content (AvgIpc) is 2.74. The monoisotopic (exact) mass is 474 g/mol. The Bertz CT molecular complexity index is 1080.